The van der Waals surface area contributed by atoms with E-state index < -0.39 is 11.2 Å². The van der Waals surface area contributed by atoms with Crippen LogP contribution in [-0.4, -0.2) is 16.7 Å². The average molecular weight is 398 g/mol. The van der Waals surface area contributed by atoms with Crippen molar-refractivity contribution in [3.63, 3.8) is 0 Å². The maximum absolute atomic E-state index is 11.7. The number of benzene rings is 1. The topological polar surface area (TPSA) is 46.5 Å². The molecule has 1 aliphatic heterocycles. The first-order valence-electron chi connectivity index (χ1n) is 6.76. The molecule has 112 valence electrons. The molecule has 0 spiro atoms. The van der Waals surface area contributed by atoms with Crippen LogP contribution in [-0.2, 0) is 15.1 Å². The summed E-state index contributed by atoms with van der Waals surface area (Å²) in [7, 11) is 0. The lowest BCUT2D eigenvalue weighted by molar-refractivity contribution is -0.144. The normalized spacial score (nSPS) is 21.2. The van der Waals surface area contributed by atoms with Gasteiger partial charge in [-0.15, -0.1) is 0 Å². The Kier molecular flexibility index (Phi) is 4.31. The number of rotatable bonds is 3. The number of carbonyl (C=O) groups excluding carboxylic acids is 1. The largest absolute Gasteiger partial charge is 0.451 e. The molecular formula is C17H19IO3. The molecule has 1 heterocycles. The molecule has 0 aromatic heterocycles. The molecule has 21 heavy (non-hydrogen) atoms. The Morgan fingerprint density at radius 3 is 2.38 bits per heavy atom. The molecule has 0 saturated carbocycles. The van der Waals surface area contributed by atoms with E-state index in [1.165, 1.54) is 0 Å². The summed E-state index contributed by atoms with van der Waals surface area (Å²) < 4.78 is 6.09. The zero-order valence-corrected chi connectivity index (χ0v) is 14.8. The van der Waals surface area contributed by atoms with Crippen molar-refractivity contribution in [2.45, 2.75) is 38.9 Å². The van der Waals surface area contributed by atoms with Crippen LogP contribution in [0.1, 0.15) is 33.3 Å². The second kappa shape index (κ2) is 5.57. The quantitative estimate of drug-likeness (QED) is 0.621. The third kappa shape index (κ3) is 3.06. The molecule has 0 fully saturated rings. The van der Waals surface area contributed by atoms with Gasteiger partial charge in [0.1, 0.15) is 11.2 Å². The maximum Gasteiger partial charge on any atom is 0.335 e. The van der Waals surface area contributed by atoms with Crippen LogP contribution in [0.15, 0.2) is 51.1 Å². The van der Waals surface area contributed by atoms with Gasteiger partial charge in [0.05, 0.1) is 0 Å². The van der Waals surface area contributed by atoms with E-state index in [4.69, 9.17) is 4.74 Å². The molecule has 0 radical (unpaired) electrons. The highest BCUT2D eigenvalue weighted by Crippen LogP contribution is 2.39. The van der Waals surface area contributed by atoms with E-state index in [-0.39, 0.29) is 5.97 Å². The number of esters is 1. The molecule has 0 bridgehead atoms. The third-order valence-electron chi connectivity index (χ3n) is 3.78. The monoisotopic (exact) mass is 398 g/mol. The van der Waals surface area contributed by atoms with Crippen LogP contribution in [0.4, 0.5) is 0 Å². The number of aliphatic hydroxyl groups is 1. The summed E-state index contributed by atoms with van der Waals surface area (Å²) in [6, 6.07) is 9.47. The summed E-state index contributed by atoms with van der Waals surface area (Å²) in [6.07, 6.45) is 1.85. The number of hydrogen-bond acceptors (Lipinski definition) is 3. The van der Waals surface area contributed by atoms with Crippen molar-refractivity contribution in [3.05, 3.63) is 56.7 Å². The summed E-state index contributed by atoms with van der Waals surface area (Å²) in [5.41, 5.74) is 0.458. The molecule has 1 aromatic carbocycles. The fraction of sp³-hybridized carbons (Fsp3) is 0.353. The van der Waals surface area contributed by atoms with Gasteiger partial charge in [-0.2, -0.15) is 0 Å². The fourth-order valence-electron chi connectivity index (χ4n) is 2.37. The number of hydrogen-bond donors (Lipinski definition) is 1. The Balaban J connectivity index is 2.44. The summed E-state index contributed by atoms with van der Waals surface area (Å²) in [6.45, 7) is 7.22. The summed E-state index contributed by atoms with van der Waals surface area (Å²) in [5, 5.41) is 10.8. The molecule has 1 atom stereocenters. The van der Waals surface area contributed by atoms with Crippen molar-refractivity contribution in [1.82, 2.24) is 0 Å². The van der Waals surface area contributed by atoms with Crippen molar-refractivity contribution < 1.29 is 14.6 Å². The highest BCUT2D eigenvalue weighted by atomic mass is 127. The third-order valence-corrected chi connectivity index (χ3v) is 5.14. The maximum atomic E-state index is 11.7. The lowest BCUT2D eigenvalue weighted by Gasteiger charge is -2.26. The summed E-state index contributed by atoms with van der Waals surface area (Å²) in [5.74, 6) is -0.296. The highest BCUT2D eigenvalue weighted by molar-refractivity contribution is 14.1. The number of halogens is 1. The Bertz CT molecular complexity index is 625. The summed E-state index contributed by atoms with van der Waals surface area (Å²) >= 11 is 2.12. The Morgan fingerprint density at radius 2 is 1.90 bits per heavy atom. The molecule has 1 N–H and O–H groups in total. The lowest BCUT2D eigenvalue weighted by Crippen LogP contribution is -2.25. The molecule has 2 rings (SSSR count). The van der Waals surface area contributed by atoms with Gasteiger partial charge in [-0.05, 0) is 61.9 Å². The van der Waals surface area contributed by atoms with Crippen LogP contribution < -0.4 is 0 Å². The molecule has 4 heteroatoms. The zero-order chi connectivity index (χ0) is 15.8. The van der Waals surface area contributed by atoms with Crippen molar-refractivity contribution in [3.8, 4) is 0 Å². The first-order valence-corrected chi connectivity index (χ1v) is 7.84. The predicted molar refractivity (Wildman–Crippen MR) is 91.0 cm³/mol. The minimum absolute atomic E-state index is 0.296. The summed E-state index contributed by atoms with van der Waals surface area (Å²) in [4.78, 5) is 11.7. The van der Waals surface area contributed by atoms with Crippen LogP contribution in [0.2, 0.25) is 0 Å². The smallest absolute Gasteiger partial charge is 0.335 e. The van der Waals surface area contributed by atoms with Gasteiger partial charge in [0.25, 0.3) is 0 Å². The van der Waals surface area contributed by atoms with Crippen molar-refractivity contribution in [2.75, 3.05) is 0 Å². The van der Waals surface area contributed by atoms with Crippen molar-refractivity contribution >= 4 is 28.6 Å². The second-order valence-electron chi connectivity index (χ2n) is 5.87. The Hall–Kier alpha value is -1.14. The minimum atomic E-state index is -1.10. The van der Waals surface area contributed by atoms with E-state index in [1.54, 1.807) is 13.8 Å². The Morgan fingerprint density at radius 1 is 1.33 bits per heavy atom. The number of cyclic esters (lactones) is 1. The zero-order valence-electron chi connectivity index (χ0n) is 12.6. The molecule has 1 unspecified atom stereocenters. The van der Waals surface area contributed by atoms with Crippen LogP contribution in [0, 0.1) is 0 Å². The van der Waals surface area contributed by atoms with E-state index >= 15 is 0 Å². The molecule has 1 aliphatic rings. The highest BCUT2D eigenvalue weighted by Gasteiger charge is 2.38. The first-order chi connectivity index (χ1) is 9.66. The molecule has 0 saturated heterocycles. The van der Waals surface area contributed by atoms with E-state index in [2.05, 4.69) is 22.6 Å². The predicted octanol–water partition coefficient (Wildman–Crippen LogP) is 3.86. The standard InChI is InChI=1S/C17H19IO3/c1-11-13(16(2,3)21-15(11)19)10-14(18)17(4,20)12-8-6-5-7-9-12/h5-10,20H,1-4H3/b14-10-. The van der Waals surface area contributed by atoms with Gasteiger partial charge in [-0.3, -0.25) is 0 Å². The van der Waals surface area contributed by atoms with Gasteiger partial charge in [0, 0.05) is 14.7 Å². The number of ether oxygens (including phenoxy) is 1. The molecular weight excluding hydrogens is 379 g/mol. The van der Waals surface area contributed by atoms with Gasteiger partial charge in [0.15, 0.2) is 0 Å². The van der Waals surface area contributed by atoms with Crippen molar-refractivity contribution in [2.24, 2.45) is 0 Å². The molecule has 0 amide bonds. The SMILES string of the molecule is CC1=C(/C=C(\I)C(C)(O)c2ccccc2)C(C)(C)OC1=O. The van der Waals surface area contributed by atoms with Crippen LogP contribution in [0.25, 0.3) is 0 Å². The van der Waals surface area contributed by atoms with E-state index in [0.717, 1.165) is 14.7 Å². The minimum Gasteiger partial charge on any atom is -0.451 e. The van der Waals surface area contributed by atoms with E-state index in [0.29, 0.717) is 5.57 Å². The van der Waals surface area contributed by atoms with E-state index in [1.807, 2.05) is 50.3 Å². The van der Waals surface area contributed by atoms with Gasteiger partial charge in [0.2, 0.25) is 0 Å². The van der Waals surface area contributed by atoms with Gasteiger partial charge < -0.3 is 9.84 Å². The van der Waals surface area contributed by atoms with E-state index in [9.17, 15) is 9.90 Å². The average Bonchev–Trinajstić information content (AvgIpc) is 2.61. The van der Waals surface area contributed by atoms with Crippen LogP contribution >= 0.6 is 22.6 Å². The molecule has 1 aromatic rings. The fourth-order valence-corrected chi connectivity index (χ4v) is 3.00. The molecule has 0 aliphatic carbocycles. The second-order valence-corrected chi connectivity index (χ2v) is 7.03. The van der Waals surface area contributed by atoms with Crippen molar-refractivity contribution in [1.29, 1.82) is 0 Å². The van der Waals surface area contributed by atoms with Crippen LogP contribution in [0.5, 0.6) is 0 Å². The van der Waals surface area contributed by atoms with Gasteiger partial charge in [-0.25, -0.2) is 4.79 Å². The lowest BCUT2D eigenvalue weighted by atomic mass is 9.91. The molecule has 3 nitrogen and oxygen atoms in total. The Labute approximate surface area is 138 Å². The van der Waals surface area contributed by atoms with Crippen LogP contribution in [0.3, 0.4) is 0 Å². The van der Waals surface area contributed by atoms with Gasteiger partial charge >= 0.3 is 5.97 Å². The first kappa shape index (κ1) is 16.2. The van der Waals surface area contributed by atoms with Gasteiger partial charge in [-0.1, -0.05) is 30.3 Å². The number of carbonyl (C=O) groups is 1.